The van der Waals surface area contributed by atoms with E-state index in [1.807, 2.05) is 11.3 Å². The Labute approximate surface area is 104 Å². The Hall–Kier alpha value is -0.380. The lowest BCUT2D eigenvalue weighted by molar-refractivity contribution is 0.267. The summed E-state index contributed by atoms with van der Waals surface area (Å²) in [5.41, 5.74) is 0. The number of likely N-dealkylation sites (N-methyl/N-ethyl adjacent to an activating group) is 1. The number of hydrogen-bond acceptors (Lipinski definition) is 3. The normalized spacial score (nSPS) is 15.3. The van der Waals surface area contributed by atoms with Gasteiger partial charge in [0.25, 0.3) is 0 Å². The zero-order chi connectivity index (χ0) is 12.0. The summed E-state index contributed by atoms with van der Waals surface area (Å²) in [5.74, 6) is 0. The maximum atomic E-state index is 3.67. The molecular formula is C13H24N2S. The predicted molar refractivity (Wildman–Crippen MR) is 73.1 cm³/mol. The van der Waals surface area contributed by atoms with Crippen LogP contribution in [0.15, 0.2) is 17.5 Å². The third-order valence-electron chi connectivity index (χ3n) is 3.10. The van der Waals surface area contributed by atoms with E-state index in [2.05, 4.69) is 55.7 Å². The van der Waals surface area contributed by atoms with Crippen LogP contribution in [0.2, 0.25) is 0 Å². The molecule has 16 heavy (non-hydrogen) atoms. The molecule has 0 spiro atoms. The van der Waals surface area contributed by atoms with Gasteiger partial charge in [0.2, 0.25) is 0 Å². The minimum atomic E-state index is 0.522. The summed E-state index contributed by atoms with van der Waals surface area (Å²) in [4.78, 5) is 3.75. The fourth-order valence-corrected chi connectivity index (χ4v) is 2.79. The molecule has 0 saturated carbocycles. The first-order chi connectivity index (χ1) is 7.69. The molecule has 0 amide bonds. The minimum Gasteiger partial charge on any atom is -0.308 e. The Morgan fingerprint density at radius 3 is 2.50 bits per heavy atom. The van der Waals surface area contributed by atoms with Crippen LogP contribution in [-0.2, 0) is 0 Å². The maximum absolute atomic E-state index is 3.67. The van der Waals surface area contributed by atoms with Gasteiger partial charge in [0, 0.05) is 23.5 Å². The molecule has 0 aliphatic carbocycles. The van der Waals surface area contributed by atoms with Crippen molar-refractivity contribution < 1.29 is 0 Å². The lowest BCUT2D eigenvalue weighted by atomic mass is 10.1. The molecule has 92 valence electrons. The van der Waals surface area contributed by atoms with E-state index in [1.165, 1.54) is 11.3 Å². The average molecular weight is 240 g/mol. The summed E-state index contributed by atoms with van der Waals surface area (Å²) in [6.07, 6.45) is 2.35. The van der Waals surface area contributed by atoms with Gasteiger partial charge in [-0.3, -0.25) is 0 Å². The number of hydrogen-bond donors (Lipinski definition) is 1. The molecular weight excluding hydrogens is 216 g/mol. The smallest absolute Gasteiger partial charge is 0.0412 e. The molecule has 0 aliphatic rings. The lowest BCUT2D eigenvalue weighted by Crippen LogP contribution is -2.38. The summed E-state index contributed by atoms with van der Waals surface area (Å²) in [5, 5.41) is 5.83. The zero-order valence-corrected chi connectivity index (χ0v) is 11.7. The first kappa shape index (κ1) is 13.7. The summed E-state index contributed by atoms with van der Waals surface area (Å²) in [6.45, 7) is 5.56. The molecule has 1 rings (SSSR count). The van der Waals surface area contributed by atoms with E-state index in [4.69, 9.17) is 0 Å². The highest BCUT2D eigenvalue weighted by Crippen LogP contribution is 2.21. The Morgan fingerprint density at radius 1 is 1.31 bits per heavy atom. The Kier molecular flexibility index (Phi) is 6.03. The highest BCUT2D eigenvalue weighted by Gasteiger charge is 2.13. The molecule has 2 unspecified atom stereocenters. The van der Waals surface area contributed by atoms with Crippen molar-refractivity contribution >= 4 is 11.3 Å². The van der Waals surface area contributed by atoms with Crippen LogP contribution in [0.3, 0.4) is 0 Å². The van der Waals surface area contributed by atoms with Gasteiger partial charge in [-0.05, 0) is 38.4 Å². The molecule has 2 atom stereocenters. The van der Waals surface area contributed by atoms with Gasteiger partial charge >= 0.3 is 0 Å². The quantitative estimate of drug-likeness (QED) is 0.788. The molecule has 0 bridgehead atoms. The van der Waals surface area contributed by atoms with Gasteiger partial charge in [-0.25, -0.2) is 0 Å². The second-order valence-corrected chi connectivity index (χ2v) is 5.39. The predicted octanol–water partition coefficient (Wildman–Crippen LogP) is 3.13. The summed E-state index contributed by atoms with van der Waals surface area (Å²) in [6, 6.07) is 5.51. The van der Waals surface area contributed by atoms with E-state index in [9.17, 15) is 0 Å². The van der Waals surface area contributed by atoms with Gasteiger partial charge in [-0.1, -0.05) is 19.9 Å². The number of rotatable bonds is 7. The lowest BCUT2D eigenvalue weighted by Gasteiger charge is -2.25. The highest BCUT2D eigenvalue weighted by atomic mass is 32.1. The molecule has 0 aromatic carbocycles. The van der Waals surface area contributed by atoms with Crippen molar-refractivity contribution in [3.05, 3.63) is 22.4 Å². The average Bonchev–Trinajstić information content (AvgIpc) is 2.77. The molecule has 0 aliphatic heterocycles. The van der Waals surface area contributed by atoms with Gasteiger partial charge in [0.1, 0.15) is 0 Å². The van der Waals surface area contributed by atoms with Crippen molar-refractivity contribution in [1.82, 2.24) is 10.2 Å². The number of thiophene rings is 1. The molecule has 1 heterocycles. The molecule has 1 aromatic heterocycles. The number of nitrogens with zero attached hydrogens (tertiary/aromatic N) is 1. The van der Waals surface area contributed by atoms with Crippen molar-refractivity contribution in [3.63, 3.8) is 0 Å². The van der Waals surface area contributed by atoms with E-state index in [0.717, 1.165) is 13.0 Å². The van der Waals surface area contributed by atoms with Crippen LogP contribution in [0.5, 0.6) is 0 Å². The Bertz CT molecular complexity index is 269. The fraction of sp³-hybridized carbons (Fsp3) is 0.692. The first-order valence-electron chi connectivity index (χ1n) is 6.12. The SMILES string of the molecule is CCC(NCC(CC)N(C)C)c1cccs1. The fourth-order valence-electron chi connectivity index (χ4n) is 1.91. The molecule has 0 saturated heterocycles. The van der Waals surface area contributed by atoms with Crippen LogP contribution in [0.4, 0.5) is 0 Å². The van der Waals surface area contributed by atoms with E-state index in [0.29, 0.717) is 12.1 Å². The van der Waals surface area contributed by atoms with Crippen LogP contribution in [0.1, 0.15) is 37.6 Å². The summed E-state index contributed by atoms with van der Waals surface area (Å²) >= 11 is 1.85. The molecule has 2 nitrogen and oxygen atoms in total. The van der Waals surface area contributed by atoms with E-state index in [1.54, 1.807) is 0 Å². The van der Waals surface area contributed by atoms with Crippen molar-refractivity contribution in [1.29, 1.82) is 0 Å². The monoisotopic (exact) mass is 240 g/mol. The van der Waals surface area contributed by atoms with Gasteiger partial charge in [0.05, 0.1) is 0 Å². The second-order valence-electron chi connectivity index (χ2n) is 4.41. The Balaban J connectivity index is 2.45. The van der Waals surface area contributed by atoms with E-state index < -0.39 is 0 Å². The molecule has 0 radical (unpaired) electrons. The standard InChI is InChI=1S/C13H24N2S/c1-5-11(15(3)4)10-14-12(6-2)13-8-7-9-16-13/h7-9,11-12,14H,5-6,10H2,1-4H3. The van der Waals surface area contributed by atoms with Crippen molar-refractivity contribution in [2.45, 2.75) is 38.8 Å². The van der Waals surface area contributed by atoms with Gasteiger partial charge in [-0.2, -0.15) is 0 Å². The largest absolute Gasteiger partial charge is 0.308 e. The molecule has 0 fully saturated rings. The van der Waals surface area contributed by atoms with Crippen molar-refractivity contribution in [3.8, 4) is 0 Å². The van der Waals surface area contributed by atoms with Crippen LogP contribution in [-0.4, -0.2) is 31.6 Å². The second kappa shape index (κ2) is 7.05. The van der Waals surface area contributed by atoms with Crippen LogP contribution in [0, 0.1) is 0 Å². The van der Waals surface area contributed by atoms with Crippen molar-refractivity contribution in [2.24, 2.45) is 0 Å². The molecule has 1 N–H and O–H groups in total. The van der Waals surface area contributed by atoms with Crippen molar-refractivity contribution in [2.75, 3.05) is 20.6 Å². The minimum absolute atomic E-state index is 0.522. The van der Waals surface area contributed by atoms with Gasteiger partial charge in [-0.15, -0.1) is 11.3 Å². The van der Waals surface area contributed by atoms with E-state index >= 15 is 0 Å². The van der Waals surface area contributed by atoms with Gasteiger partial charge < -0.3 is 10.2 Å². The molecule has 1 aromatic rings. The van der Waals surface area contributed by atoms with E-state index in [-0.39, 0.29) is 0 Å². The zero-order valence-electron chi connectivity index (χ0n) is 10.9. The Morgan fingerprint density at radius 2 is 2.06 bits per heavy atom. The maximum Gasteiger partial charge on any atom is 0.0412 e. The third-order valence-corrected chi connectivity index (χ3v) is 4.08. The summed E-state index contributed by atoms with van der Waals surface area (Å²) < 4.78 is 0. The van der Waals surface area contributed by atoms with Crippen LogP contribution >= 0.6 is 11.3 Å². The van der Waals surface area contributed by atoms with Crippen LogP contribution in [0.25, 0.3) is 0 Å². The topological polar surface area (TPSA) is 15.3 Å². The third kappa shape index (κ3) is 3.89. The highest BCUT2D eigenvalue weighted by molar-refractivity contribution is 7.10. The van der Waals surface area contributed by atoms with Gasteiger partial charge in [0.15, 0.2) is 0 Å². The number of nitrogens with one attached hydrogen (secondary N) is 1. The summed E-state index contributed by atoms with van der Waals surface area (Å²) in [7, 11) is 4.31. The van der Waals surface area contributed by atoms with Crippen LogP contribution < -0.4 is 5.32 Å². The first-order valence-corrected chi connectivity index (χ1v) is 7.00. The molecule has 3 heteroatoms.